The lowest BCUT2D eigenvalue weighted by molar-refractivity contribution is 0.0939. The van der Waals surface area contributed by atoms with Gasteiger partial charge in [-0.2, -0.15) is 5.26 Å². The predicted octanol–water partition coefficient (Wildman–Crippen LogP) is 3.90. The zero-order chi connectivity index (χ0) is 14.7. The number of ketones is 1. The van der Waals surface area contributed by atoms with Gasteiger partial charge in [0.25, 0.3) is 0 Å². The van der Waals surface area contributed by atoms with E-state index in [1.165, 1.54) is 0 Å². The Kier molecular flexibility index (Phi) is 4.26. The number of aromatic nitrogens is 1. The molecule has 1 aromatic heterocycles. The molecule has 0 saturated carbocycles. The Balaban J connectivity index is 2.19. The highest BCUT2D eigenvalue weighted by Crippen LogP contribution is 2.19. The minimum absolute atomic E-state index is 0.00986. The number of hydrogen-bond donors (Lipinski definition) is 0. The van der Waals surface area contributed by atoms with Crippen molar-refractivity contribution in [2.75, 3.05) is 0 Å². The zero-order valence-corrected chi connectivity index (χ0v) is 12.2. The third kappa shape index (κ3) is 3.09. The first-order chi connectivity index (χ1) is 9.51. The summed E-state index contributed by atoms with van der Waals surface area (Å²) in [4.78, 5) is 11.9. The van der Waals surface area contributed by atoms with Crippen LogP contribution in [0.5, 0.6) is 0 Å². The van der Waals surface area contributed by atoms with Crippen LogP contribution in [-0.2, 0) is 6.54 Å². The van der Waals surface area contributed by atoms with Crippen LogP contribution in [0.3, 0.4) is 0 Å². The Morgan fingerprint density at radius 3 is 2.75 bits per heavy atom. The van der Waals surface area contributed by atoms with Crippen molar-refractivity contribution in [3.05, 3.63) is 58.4 Å². The Labute approximate surface area is 123 Å². The van der Waals surface area contributed by atoms with Crippen molar-refractivity contribution in [2.24, 2.45) is 5.92 Å². The molecule has 0 bridgehead atoms. The molecule has 2 aromatic rings. The maximum Gasteiger partial charge on any atom is 0.166 e. The molecular formula is C16H15ClN2O. The molecule has 0 aliphatic carbocycles. The Morgan fingerprint density at radius 1 is 1.40 bits per heavy atom. The summed E-state index contributed by atoms with van der Waals surface area (Å²) in [5.41, 5.74) is 2.18. The van der Waals surface area contributed by atoms with Crippen LogP contribution in [0.25, 0.3) is 0 Å². The van der Waals surface area contributed by atoms with Crippen molar-refractivity contribution in [2.45, 2.75) is 20.4 Å². The quantitative estimate of drug-likeness (QED) is 0.800. The number of Topliss-reactive ketones (excluding diaryl/α,β-unsaturated/α-hetero) is 1. The third-order valence-corrected chi connectivity index (χ3v) is 3.45. The molecule has 0 saturated heterocycles. The largest absolute Gasteiger partial charge is 0.349 e. The SMILES string of the molecule is CC(C)C(=O)c1ccn(Cc2ccc(C#N)cc2Cl)c1. The lowest BCUT2D eigenvalue weighted by Crippen LogP contribution is -2.06. The Bertz CT molecular complexity index is 680. The molecule has 0 N–H and O–H groups in total. The van der Waals surface area contributed by atoms with Crippen LogP contribution in [0.4, 0.5) is 0 Å². The second-order valence-electron chi connectivity index (χ2n) is 5.01. The van der Waals surface area contributed by atoms with E-state index in [1.54, 1.807) is 12.1 Å². The minimum atomic E-state index is -0.00986. The van der Waals surface area contributed by atoms with Crippen molar-refractivity contribution in [3.63, 3.8) is 0 Å². The van der Waals surface area contributed by atoms with E-state index >= 15 is 0 Å². The van der Waals surface area contributed by atoms with E-state index in [0.29, 0.717) is 22.7 Å². The monoisotopic (exact) mass is 286 g/mol. The highest BCUT2D eigenvalue weighted by Gasteiger charge is 2.12. The average molecular weight is 287 g/mol. The van der Waals surface area contributed by atoms with Gasteiger partial charge in [-0.15, -0.1) is 0 Å². The fraction of sp³-hybridized carbons (Fsp3) is 0.250. The number of carbonyl (C=O) groups excluding carboxylic acids is 1. The van der Waals surface area contributed by atoms with E-state index in [0.717, 1.165) is 5.56 Å². The summed E-state index contributed by atoms with van der Waals surface area (Å²) in [6.45, 7) is 4.35. The fourth-order valence-corrected chi connectivity index (χ4v) is 2.20. The van der Waals surface area contributed by atoms with E-state index in [-0.39, 0.29) is 11.7 Å². The van der Waals surface area contributed by atoms with Crippen molar-refractivity contribution in [3.8, 4) is 6.07 Å². The number of rotatable bonds is 4. The van der Waals surface area contributed by atoms with Gasteiger partial charge in [-0.25, -0.2) is 0 Å². The molecule has 1 aromatic carbocycles. The van der Waals surface area contributed by atoms with Gasteiger partial charge in [0.15, 0.2) is 5.78 Å². The summed E-state index contributed by atoms with van der Waals surface area (Å²) in [6, 6.07) is 9.11. The molecule has 0 fully saturated rings. The van der Waals surface area contributed by atoms with Gasteiger partial charge in [0, 0.05) is 35.4 Å². The van der Waals surface area contributed by atoms with Crippen molar-refractivity contribution < 1.29 is 4.79 Å². The number of halogens is 1. The molecule has 4 heteroatoms. The number of benzene rings is 1. The molecule has 0 spiro atoms. The van der Waals surface area contributed by atoms with E-state index in [4.69, 9.17) is 16.9 Å². The van der Waals surface area contributed by atoms with Gasteiger partial charge in [-0.1, -0.05) is 31.5 Å². The smallest absolute Gasteiger partial charge is 0.166 e. The first-order valence-electron chi connectivity index (χ1n) is 6.39. The van der Waals surface area contributed by atoms with Crippen molar-refractivity contribution >= 4 is 17.4 Å². The molecule has 0 aliphatic heterocycles. The molecular weight excluding hydrogens is 272 g/mol. The fourth-order valence-electron chi connectivity index (χ4n) is 1.96. The van der Waals surface area contributed by atoms with Crippen LogP contribution >= 0.6 is 11.6 Å². The van der Waals surface area contributed by atoms with E-state index < -0.39 is 0 Å². The van der Waals surface area contributed by atoms with Gasteiger partial charge in [0.05, 0.1) is 11.6 Å². The summed E-state index contributed by atoms with van der Waals surface area (Å²) in [5.74, 6) is 0.124. The average Bonchev–Trinajstić information content (AvgIpc) is 2.88. The molecule has 0 atom stereocenters. The molecule has 2 rings (SSSR count). The number of hydrogen-bond acceptors (Lipinski definition) is 2. The minimum Gasteiger partial charge on any atom is -0.349 e. The molecule has 3 nitrogen and oxygen atoms in total. The van der Waals surface area contributed by atoms with Gasteiger partial charge in [-0.3, -0.25) is 4.79 Å². The lowest BCUT2D eigenvalue weighted by atomic mass is 10.0. The summed E-state index contributed by atoms with van der Waals surface area (Å²) in [6.07, 6.45) is 3.70. The summed E-state index contributed by atoms with van der Waals surface area (Å²) >= 11 is 6.15. The van der Waals surface area contributed by atoms with E-state index in [9.17, 15) is 4.79 Å². The van der Waals surface area contributed by atoms with Crippen LogP contribution in [0, 0.1) is 17.2 Å². The molecule has 0 radical (unpaired) electrons. The molecule has 0 aliphatic rings. The van der Waals surface area contributed by atoms with Gasteiger partial charge < -0.3 is 4.57 Å². The summed E-state index contributed by atoms with van der Waals surface area (Å²) < 4.78 is 1.92. The topological polar surface area (TPSA) is 45.8 Å². The van der Waals surface area contributed by atoms with E-state index in [2.05, 4.69) is 6.07 Å². The Morgan fingerprint density at radius 2 is 2.15 bits per heavy atom. The molecule has 0 amide bonds. The van der Waals surface area contributed by atoms with Crippen LogP contribution in [0.15, 0.2) is 36.7 Å². The van der Waals surface area contributed by atoms with Gasteiger partial charge in [0.2, 0.25) is 0 Å². The van der Waals surface area contributed by atoms with Crippen LogP contribution in [-0.4, -0.2) is 10.4 Å². The molecule has 0 unspecified atom stereocenters. The van der Waals surface area contributed by atoms with Crippen molar-refractivity contribution in [1.29, 1.82) is 5.26 Å². The molecule has 1 heterocycles. The predicted molar refractivity (Wildman–Crippen MR) is 78.9 cm³/mol. The maximum atomic E-state index is 11.9. The number of nitrogens with zero attached hydrogens (tertiary/aromatic N) is 2. The van der Waals surface area contributed by atoms with Crippen molar-refractivity contribution in [1.82, 2.24) is 4.57 Å². The third-order valence-electron chi connectivity index (χ3n) is 3.09. The van der Waals surface area contributed by atoms with Crippen LogP contribution in [0.1, 0.15) is 35.3 Å². The highest BCUT2D eigenvalue weighted by atomic mass is 35.5. The lowest BCUT2D eigenvalue weighted by Gasteiger charge is -2.06. The Hall–Kier alpha value is -2.05. The summed E-state index contributed by atoms with van der Waals surface area (Å²) in [5, 5.41) is 9.37. The number of nitriles is 1. The molecule has 102 valence electrons. The second-order valence-corrected chi connectivity index (χ2v) is 5.42. The number of carbonyl (C=O) groups is 1. The van der Waals surface area contributed by atoms with Gasteiger partial charge >= 0.3 is 0 Å². The zero-order valence-electron chi connectivity index (χ0n) is 11.4. The van der Waals surface area contributed by atoms with Crippen LogP contribution in [0.2, 0.25) is 5.02 Å². The first kappa shape index (κ1) is 14.4. The molecule has 20 heavy (non-hydrogen) atoms. The second kappa shape index (κ2) is 5.94. The van der Waals surface area contributed by atoms with Gasteiger partial charge in [-0.05, 0) is 23.8 Å². The first-order valence-corrected chi connectivity index (χ1v) is 6.77. The standard InChI is InChI=1S/C16H15ClN2O/c1-11(2)16(20)14-5-6-19(10-14)9-13-4-3-12(8-18)7-15(13)17/h3-7,10-11H,9H2,1-2H3. The van der Waals surface area contributed by atoms with Crippen LogP contribution < -0.4 is 0 Å². The van der Waals surface area contributed by atoms with Gasteiger partial charge in [0.1, 0.15) is 0 Å². The maximum absolute atomic E-state index is 11.9. The normalized spacial score (nSPS) is 10.6. The van der Waals surface area contributed by atoms with E-state index in [1.807, 2.05) is 42.9 Å². The highest BCUT2D eigenvalue weighted by molar-refractivity contribution is 6.31. The summed E-state index contributed by atoms with van der Waals surface area (Å²) in [7, 11) is 0.